The number of hydrogen-bond donors (Lipinski definition) is 3. The Labute approximate surface area is 91.4 Å². The van der Waals surface area contributed by atoms with Crippen molar-refractivity contribution in [3.8, 4) is 0 Å². The van der Waals surface area contributed by atoms with E-state index in [4.69, 9.17) is 5.73 Å². The summed E-state index contributed by atoms with van der Waals surface area (Å²) in [6.07, 6.45) is 1.11. The van der Waals surface area contributed by atoms with Crippen molar-refractivity contribution in [2.75, 3.05) is 13.1 Å². The van der Waals surface area contributed by atoms with Crippen molar-refractivity contribution < 1.29 is 4.79 Å². The molecule has 4 N–H and O–H groups in total. The van der Waals surface area contributed by atoms with Gasteiger partial charge >= 0.3 is 0 Å². The second-order valence-corrected chi connectivity index (χ2v) is 3.87. The molecule has 1 fully saturated rings. The molecule has 3 atom stereocenters. The number of halogens is 1. The smallest absolute Gasteiger partial charge is 0.236 e. The van der Waals surface area contributed by atoms with E-state index in [2.05, 4.69) is 17.6 Å². The Morgan fingerprint density at radius 1 is 1.64 bits per heavy atom. The Bertz CT molecular complexity index is 187. The lowest BCUT2D eigenvalue weighted by atomic mass is 9.94. The van der Waals surface area contributed by atoms with Gasteiger partial charge in [-0.2, -0.15) is 0 Å². The van der Waals surface area contributed by atoms with Gasteiger partial charge in [-0.3, -0.25) is 4.79 Å². The minimum Gasteiger partial charge on any atom is -0.350 e. The van der Waals surface area contributed by atoms with Gasteiger partial charge < -0.3 is 16.4 Å². The first kappa shape index (κ1) is 13.7. The zero-order valence-electron chi connectivity index (χ0n) is 8.75. The van der Waals surface area contributed by atoms with Crippen LogP contribution in [0, 0.1) is 5.92 Å². The van der Waals surface area contributed by atoms with Gasteiger partial charge in [-0.05, 0) is 25.8 Å². The molecular weight excluding hydrogens is 202 g/mol. The van der Waals surface area contributed by atoms with Gasteiger partial charge in [-0.25, -0.2) is 0 Å². The van der Waals surface area contributed by atoms with Gasteiger partial charge in [0.15, 0.2) is 0 Å². The molecule has 0 radical (unpaired) electrons. The van der Waals surface area contributed by atoms with Crippen molar-refractivity contribution in [1.29, 1.82) is 0 Å². The lowest BCUT2D eigenvalue weighted by Gasteiger charge is -2.30. The molecule has 1 amide bonds. The molecule has 0 bridgehead atoms. The third-order valence-corrected chi connectivity index (χ3v) is 2.57. The number of nitrogens with one attached hydrogen (secondary N) is 2. The summed E-state index contributed by atoms with van der Waals surface area (Å²) >= 11 is 0. The molecule has 0 aromatic rings. The van der Waals surface area contributed by atoms with Crippen LogP contribution in [0.25, 0.3) is 0 Å². The van der Waals surface area contributed by atoms with Crippen LogP contribution in [0.2, 0.25) is 0 Å². The fourth-order valence-electron chi connectivity index (χ4n) is 1.50. The minimum absolute atomic E-state index is 0. The van der Waals surface area contributed by atoms with Crippen LogP contribution in [0.5, 0.6) is 0 Å². The lowest BCUT2D eigenvalue weighted by molar-refractivity contribution is -0.123. The average Bonchev–Trinajstić information content (AvgIpc) is 2.08. The summed E-state index contributed by atoms with van der Waals surface area (Å²) in [4.78, 5) is 11.3. The molecule has 84 valence electrons. The van der Waals surface area contributed by atoms with E-state index in [1.54, 1.807) is 6.92 Å². The Morgan fingerprint density at radius 2 is 2.29 bits per heavy atom. The number of amides is 1. The van der Waals surface area contributed by atoms with Crippen LogP contribution >= 0.6 is 12.4 Å². The fraction of sp³-hybridized carbons (Fsp3) is 0.889. The summed E-state index contributed by atoms with van der Waals surface area (Å²) in [5.74, 6) is 0.490. The first-order valence-electron chi connectivity index (χ1n) is 4.88. The van der Waals surface area contributed by atoms with Gasteiger partial charge in [0.05, 0.1) is 6.04 Å². The normalized spacial score (nSPS) is 28.8. The SMILES string of the molecule is CC1CCNCC1NC(=O)[C@@H](C)N.Cl. The van der Waals surface area contributed by atoms with Gasteiger partial charge in [-0.15, -0.1) is 12.4 Å². The molecule has 1 aliphatic heterocycles. The Balaban J connectivity index is 0.00000169. The van der Waals surface area contributed by atoms with Gasteiger partial charge in [-0.1, -0.05) is 6.92 Å². The highest BCUT2D eigenvalue weighted by Gasteiger charge is 2.23. The van der Waals surface area contributed by atoms with Crippen molar-refractivity contribution in [3.63, 3.8) is 0 Å². The van der Waals surface area contributed by atoms with E-state index in [9.17, 15) is 4.79 Å². The topological polar surface area (TPSA) is 67.1 Å². The highest BCUT2D eigenvalue weighted by atomic mass is 35.5. The number of carbonyl (C=O) groups excluding carboxylic acids is 1. The molecule has 0 aliphatic carbocycles. The van der Waals surface area contributed by atoms with Crippen LogP contribution in [-0.4, -0.2) is 31.1 Å². The molecule has 4 nitrogen and oxygen atoms in total. The first-order chi connectivity index (χ1) is 6.11. The average molecular weight is 222 g/mol. The summed E-state index contributed by atoms with van der Waals surface area (Å²) in [5.41, 5.74) is 5.47. The van der Waals surface area contributed by atoms with Crippen LogP contribution in [0.4, 0.5) is 0 Å². The maximum atomic E-state index is 11.3. The molecule has 5 heteroatoms. The second-order valence-electron chi connectivity index (χ2n) is 3.87. The zero-order valence-corrected chi connectivity index (χ0v) is 9.56. The van der Waals surface area contributed by atoms with Crippen LogP contribution in [-0.2, 0) is 4.79 Å². The predicted molar refractivity (Wildman–Crippen MR) is 59.5 cm³/mol. The lowest BCUT2D eigenvalue weighted by Crippen LogP contribution is -2.53. The highest BCUT2D eigenvalue weighted by molar-refractivity contribution is 5.85. The van der Waals surface area contributed by atoms with Gasteiger partial charge in [0.25, 0.3) is 0 Å². The van der Waals surface area contributed by atoms with Gasteiger partial charge in [0.2, 0.25) is 5.91 Å². The van der Waals surface area contributed by atoms with Crippen LogP contribution < -0.4 is 16.4 Å². The predicted octanol–water partition coefficient (Wildman–Crippen LogP) is -0.130. The molecule has 1 saturated heterocycles. The molecule has 0 saturated carbocycles. The van der Waals surface area contributed by atoms with Crippen LogP contribution in [0.15, 0.2) is 0 Å². The van der Waals surface area contributed by atoms with E-state index >= 15 is 0 Å². The van der Waals surface area contributed by atoms with Crippen molar-refractivity contribution in [2.24, 2.45) is 11.7 Å². The van der Waals surface area contributed by atoms with Crippen molar-refractivity contribution >= 4 is 18.3 Å². The molecule has 2 unspecified atom stereocenters. The van der Waals surface area contributed by atoms with Crippen LogP contribution in [0.3, 0.4) is 0 Å². The number of nitrogens with two attached hydrogens (primary N) is 1. The molecule has 1 aliphatic rings. The third kappa shape index (κ3) is 3.82. The fourth-order valence-corrected chi connectivity index (χ4v) is 1.50. The van der Waals surface area contributed by atoms with E-state index in [1.807, 2.05) is 0 Å². The standard InChI is InChI=1S/C9H19N3O.ClH/c1-6-3-4-11-5-8(6)12-9(13)7(2)10;/h6-8,11H,3-5,10H2,1-2H3,(H,12,13);1H/t6?,7-,8?;/m1./s1. The summed E-state index contributed by atoms with van der Waals surface area (Å²) in [6, 6.07) is -0.165. The minimum atomic E-state index is -0.408. The zero-order chi connectivity index (χ0) is 9.84. The molecular formula is C9H20ClN3O. The Kier molecular flexibility index (Phi) is 6.08. The molecule has 14 heavy (non-hydrogen) atoms. The van der Waals surface area contributed by atoms with Crippen molar-refractivity contribution in [1.82, 2.24) is 10.6 Å². The first-order valence-corrected chi connectivity index (χ1v) is 4.88. The quantitative estimate of drug-likeness (QED) is 0.609. The Hall–Kier alpha value is -0.320. The van der Waals surface area contributed by atoms with E-state index in [0.717, 1.165) is 19.5 Å². The van der Waals surface area contributed by atoms with E-state index in [-0.39, 0.29) is 24.4 Å². The van der Waals surface area contributed by atoms with Crippen LogP contribution in [0.1, 0.15) is 20.3 Å². The van der Waals surface area contributed by atoms with Gasteiger partial charge in [0, 0.05) is 12.6 Å². The summed E-state index contributed by atoms with van der Waals surface area (Å²) in [5, 5.41) is 6.20. The number of piperidine rings is 1. The monoisotopic (exact) mass is 221 g/mol. The molecule has 1 heterocycles. The highest BCUT2D eigenvalue weighted by Crippen LogP contribution is 2.10. The molecule has 0 aromatic heterocycles. The van der Waals surface area contributed by atoms with E-state index in [0.29, 0.717) is 5.92 Å². The summed E-state index contributed by atoms with van der Waals surface area (Å²) < 4.78 is 0. The van der Waals surface area contributed by atoms with E-state index < -0.39 is 6.04 Å². The van der Waals surface area contributed by atoms with Crippen molar-refractivity contribution in [2.45, 2.75) is 32.4 Å². The van der Waals surface area contributed by atoms with Gasteiger partial charge in [0.1, 0.15) is 0 Å². The summed E-state index contributed by atoms with van der Waals surface area (Å²) in [7, 11) is 0. The third-order valence-electron chi connectivity index (χ3n) is 2.57. The maximum Gasteiger partial charge on any atom is 0.236 e. The second kappa shape index (κ2) is 6.22. The van der Waals surface area contributed by atoms with Crippen molar-refractivity contribution in [3.05, 3.63) is 0 Å². The number of hydrogen-bond acceptors (Lipinski definition) is 3. The number of carbonyl (C=O) groups is 1. The number of rotatable bonds is 2. The Morgan fingerprint density at radius 3 is 2.79 bits per heavy atom. The molecule has 1 rings (SSSR count). The molecule has 0 spiro atoms. The molecule has 0 aromatic carbocycles. The summed E-state index contributed by atoms with van der Waals surface area (Å²) in [6.45, 7) is 5.77. The maximum absolute atomic E-state index is 11.3. The largest absolute Gasteiger partial charge is 0.350 e. The van der Waals surface area contributed by atoms with E-state index in [1.165, 1.54) is 0 Å².